The first-order valence-corrected chi connectivity index (χ1v) is 10.5. The molecular formula is C21H23ClN2O4S. The summed E-state index contributed by atoms with van der Waals surface area (Å²) in [5.74, 6) is 0.372. The molecule has 0 saturated heterocycles. The summed E-state index contributed by atoms with van der Waals surface area (Å²) in [6, 6.07) is 7.46. The number of carbonyl (C=O) groups is 1. The first-order valence-electron chi connectivity index (χ1n) is 9.30. The van der Waals surface area contributed by atoms with Gasteiger partial charge in [0.05, 0.1) is 19.1 Å². The van der Waals surface area contributed by atoms with E-state index in [1.807, 2.05) is 31.2 Å². The summed E-state index contributed by atoms with van der Waals surface area (Å²) in [5, 5.41) is 1.25. The number of thiophene rings is 1. The number of rotatable bonds is 8. The highest BCUT2D eigenvalue weighted by Gasteiger charge is 2.20. The molecule has 0 aliphatic rings. The van der Waals surface area contributed by atoms with Gasteiger partial charge in [-0.05, 0) is 31.0 Å². The van der Waals surface area contributed by atoms with Crippen LogP contribution in [0.25, 0.3) is 21.3 Å². The van der Waals surface area contributed by atoms with Crippen molar-refractivity contribution in [1.29, 1.82) is 0 Å². The van der Waals surface area contributed by atoms with Crippen LogP contribution in [0, 0.1) is 6.92 Å². The fourth-order valence-electron chi connectivity index (χ4n) is 3.30. The van der Waals surface area contributed by atoms with Crippen molar-refractivity contribution < 1.29 is 14.3 Å². The van der Waals surface area contributed by atoms with Gasteiger partial charge in [0.1, 0.15) is 10.7 Å². The van der Waals surface area contributed by atoms with Crippen molar-refractivity contribution in [2.75, 3.05) is 20.8 Å². The number of hydrogen-bond acceptors (Lipinski definition) is 6. The van der Waals surface area contributed by atoms with Gasteiger partial charge < -0.3 is 9.47 Å². The summed E-state index contributed by atoms with van der Waals surface area (Å²) in [4.78, 5) is 31.5. The van der Waals surface area contributed by atoms with Crippen molar-refractivity contribution in [3.8, 4) is 11.1 Å². The van der Waals surface area contributed by atoms with Gasteiger partial charge in [-0.3, -0.25) is 14.2 Å². The van der Waals surface area contributed by atoms with Crippen LogP contribution >= 0.6 is 22.9 Å². The first-order chi connectivity index (χ1) is 14.0. The summed E-state index contributed by atoms with van der Waals surface area (Å²) in [7, 11) is 2.98. The summed E-state index contributed by atoms with van der Waals surface area (Å²) in [6.07, 6.45) is 1.27. The largest absolute Gasteiger partial charge is 0.469 e. The zero-order valence-electron chi connectivity index (χ0n) is 16.7. The van der Waals surface area contributed by atoms with Gasteiger partial charge >= 0.3 is 5.97 Å². The van der Waals surface area contributed by atoms with E-state index in [9.17, 15) is 9.59 Å². The van der Waals surface area contributed by atoms with Gasteiger partial charge in [-0.25, -0.2) is 4.98 Å². The molecule has 3 aromatic rings. The fraction of sp³-hybridized carbons (Fsp3) is 0.381. The second-order valence-electron chi connectivity index (χ2n) is 6.63. The Bertz CT molecular complexity index is 1070. The molecular weight excluding hydrogens is 412 g/mol. The minimum absolute atomic E-state index is 0.0970. The van der Waals surface area contributed by atoms with Gasteiger partial charge in [-0.15, -0.1) is 11.3 Å². The van der Waals surface area contributed by atoms with Crippen molar-refractivity contribution in [1.82, 2.24) is 9.55 Å². The Morgan fingerprint density at radius 3 is 2.62 bits per heavy atom. The van der Waals surface area contributed by atoms with Crippen molar-refractivity contribution in [3.05, 3.63) is 50.3 Å². The number of fused-ring (bicyclic) bond motifs is 1. The molecule has 1 aromatic carbocycles. The molecule has 0 N–H and O–H groups in total. The molecule has 6 nitrogen and oxygen atoms in total. The molecule has 0 aliphatic heterocycles. The van der Waals surface area contributed by atoms with Gasteiger partial charge in [0.2, 0.25) is 0 Å². The van der Waals surface area contributed by atoms with Crippen LogP contribution in [0.2, 0.25) is 5.02 Å². The van der Waals surface area contributed by atoms with E-state index in [1.54, 1.807) is 11.7 Å². The number of nitrogens with zero attached hydrogens (tertiary/aromatic N) is 2. The van der Waals surface area contributed by atoms with E-state index in [4.69, 9.17) is 26.1 Å². The van der Waals surface area contributed by atoms with E-state index < -0.39 is 0 Å². The minimum Gasteiger partial charge on any atom is -0.469 e. The van der Waals surface area contributed by atoms with Crippen molar-refractivity contribution in [2.24, 2.45) is 0 Å². The molecule has 0 saturated carbocycles. The molecule has 0 radical (unpaired) electrons. The van der Waals surface area contributed by atoms with Crippen molar-refractivity contribution in [2.45, 2.75) is 32.7 Å². The zero-order chi connectivity index (χ0) is 21.0. The van der Waals surface area contributed by atoms with E-state index >= 15 is 0 Å². The molecule has 0 bridgehead atoms. The highest BCUT2D eigenvalue weighted by Crippen LogP contribution is 2.36. The predicted octanol–water partition coefficient (Wildman–Crippen LogP) is 4.23. The minimum atomic E-state index is -0.293. The zero-order valence-corrected chi connectivity index (χ0v) is 18.2. The maximum atomic E-state index is 13.5. The number of esters is 1. The number of aromatic nitrogens is 2. The van der Waals surface area contributed by atoms with E-state index in [0.717, 1.165) is 16.0 Å². The lowest BCUT2D eigenvalue weighted by Crippen LogP contribution is -2.26. The number of ether oxygens (including phenoxy) is 2. The SMILES string of the molecule is COCCc1nc2sc(C)c(-c3ccc(Cl)cc3)c2c(=O)n1CCCC(=O)OC. The van der Waals surface area contributed by atoms with Crippen molar-refractivity contribution >= 4 is 39.1 Å². The fourth-order valence-corrected chi connectivity index (χ4v) is 4.48. The highest BCUT2D eigenvalue weighted by atomic mass is 35.5. The Labute approximate surface area is 178 Å². The second kappa shape index (κ2) is 9.52. The van der Waals surface area contributed by atoms with Gasteiger partial charge in [-0.1, -0.05) is 23.7 Å². The molecule has 0 unspecified atom stereocenters. The number of halogens is 1. The van der Waals surface area contributed by atoms with Crippen LogP contribution in [-0.4, -0.2) is 36.3 Å². The van der Waals surface area contributed by atoms with Gasteiger partial charge in [0.25, 0.3) is 5.56 Å². The molecule has 154 valence electrons. The maximum absolute atomic E-state index is 13.5. The molecule has 29 heavy (non-hydrogen) atoms. The predicted molar refractivity (Wildman–Crippen MR) is 116 cm³/mol. The van der Waals surface area contributed by atoms with E-state index in [2.05, 4.69) is 0 Å². The first kappa shape index (κ1) is 21.5. The average Bonchev–Trinajstić information content (AvgIpc) is 3.04. The standard InChI is InChI=1S/C21H23ClN2O4S/c1-13-18(14-6-8-15(22)9-7-14)19-20(29-13)23-16(10-12-27-2)24(21(19)26)11-4-5-17(25)28-3/h6-9H,4-5,10-12H2,1-3H3. The van der Waals surface area contributed by atoms with Crippen LogP contribution in [0.15, 0.2) is 29.1 Å². The van der Waals surface area contributed by atoms with Crippen LogP contribution in [0.5, 0.6) is 0 Å². The van der Waals surface area contributed by atoms with E-state index in [-0.39, 0.29) is 17.9 Å². The molecule has 0 amide bonds. The van der Waals surface area contributed by atoms with Crippen LogP contribution in [0.3, 0.4) is 0 Å². The third-order valence-electron chi connectivity index (χ3n) is 4.72. The number of aryl methyl sites for hydroxylation is 1. The summed E-state index contributed by atoms with van der Waals surface area (Å²) >= 11 is 7.53. The van der Waals surface area contributed by atoms with Crippen LogP contribution in [0.1, 0.15) is 23.5 Å². The average molecular weight is 435 g/mol. The smallest absolute Gasteiger partial charge is 0.305 e. The molecule has 0 spiro atoms. The van der Waals surface area contributed by atoms with Crippen LogP contribution in [0.4, 0.5) is 0 Å². The summed E-state index contributed by atoms with van der Waals surface area (Å²) < 4.78 is 11.5. The number of carbonyl (C=O) groups excluding carboxylic acids is 1. The molecule has 3 rings (SSSR count). The number of methoxy groups -OCH3 is 2. The van der Waals surface area contributed by atoms with Crippen LogP contribution in [-0.2, 0) is 27.2 Å². The lowest BCUT2D eigenvalue weighted by atomic mass is 10.0. The monoisotopic (exact) mass is 434 g/mol. The lowest BCUT2D eigenvalue weighted by Gasteiger charge is -2.12. The van der Waals surface area contributed by atoms with Gasteiger partial charge in [0.15, 0.2) is 0 Å². The Morgan fingerprint density at radius 1 is 1.24 bits per heavy atom. The number of benzene rings is 1. The Morgan fingerprint density at radius 2 is 1.97 bits per heavy atom. The molecule has 8 heteroatoms. The Kier molecular flexibility index (Phi) is 7.05. The lowest BCUT2D eigenvalue weighted by molar-refractivity contribution is -0.140. The summed E-state index contributed by atoms with van der Waals surface area (Å²) in [6.45, 7) is 2.85. The third kappa shape index (κ3) is 4.69. The topological polar surface area (TPSA) is 70.4 Å². The Balaban J connectivity index is 2.12. The van der Waals surface area contributed by atoms with E-state index in [1.165, 1.54) is 18.4 Å². The van der Waals surface area contributed by atoms with Gasteiger partial charge in [-0.2, -0.15) is 0 Å². The van der Waals surface area contributed by atoms with Crippen LogP contribution < -0.4 is 5.56 Å². The molecule has 0 atom stereocenters. The molecule has 2 aromatic heterocycles. The number of hydrogen-bond donors (Lipinski definition) is 0. The molecule has 2 heterocycles. The highest BCUT2D eigenvalue weighted by molar-refractivity contribution is 7.19. The maximum Gasteiger partial charge on any atom is 0.305 e. The van der Waals surface area contributed by atoms with Crippen molar-refractivity contribution in [3.63, 3.8) is 0 Å². The normalized spacial score (nSPS) is 11.2. The quantitative estimate of drug-likeness (QED) is 0.496. The second-order valence-corrected chi connectivity index (χ2v) is 8.27. The molecule has 0 fully saturated rings. The van der Waals surface area contributed by atoms with E-state index in [0.29, 0.717) is 47.1 Å². The Hall–Kier alpha value is -2.22. The third-order valence-corrected chi connectivity index (χ3v) is 5.97. The molecule has 0 aliphatic carbocycles. The van der Waals surface area contributed by atoms with Gasteiger partial charge in [0, 0.05) is 42.0 Å². The summed E-state index contributed by atoms with van der Waals surface area (Å²) in [5.41, 5.74) is 1.72.